The van der Waals surface area contributed by atoms with Crippen molar-refractivity contribution in [3.05, 3.63) is 68.2 Å². The van der Waals surface area contributed by atoms with Gasteiger partial charge in [-0.1, -0.05) is 6.07 Å². The summed E-state index contributed by atoms with van der Waals surface area (Å²) in [5.74, 6) is 0.998. The maximum atomic E-state index is 12.6. The molecule has 0 fully saturated rings. The lowest BCUT2D eigenvalue weighted by atomic mass is 10.1. The van der Waals surface area contributed by atoms with E-state index >= 15 is 0 Å². The Bertz CT molecular complexity index is 1160. The predicted molar refractivity (Wildman–Crippen MR) is 117 cm³/mol. The SMILES string of the molecule is CCNc1ccc(C(=O)Nc2nc(C)c(Cc3ccc4c(c3)OCO4)s2)cc1[N+](=O)[O-]. The molecule has 1 amide bonds. The van der Waals surface area contributed by atoms with Gasteiger partial charge in [-0.05, 0) is 43.7 Å². The molecule has 1 aliphatic heterocycles. The molecule has 2 aromatic carbocycles. The normalized spacial score (nSPS) is 11.9. The summed E-state index contributed by atoms with van der Waals surface area (Å²) >= 11 is 1.37. The number of aromatic nitrogens is 1. The number of thiazole rings is 1. The smallest absolute Gasteiger partial charge is 0.293 e. The lowest BCUT2D eigenvalue weighted by Crippen LogP contribution is -2.12. The number of rotatable bonds is 7. The molecule has 10 heteroatoms. The minimum Gasteiger partial charge on any atom is -0.454 e. The van der Waals surface area contributed by atoms with Crippen LogP contribution >= 0.6 is 11.3 Å². The van der Waals surface area contributed by atoms with Crippen molar-refractivity contribution >= 4 is 33.8 Å². The number of carbonyl (C=O) groups is 1. The van der Waals surface area contributed by atoms with Crippen molar-refractivity contribution < 1.29 is 19.2 Å². The molecule has 2 N–H and O–H groups in total. The van der Waals surface area contributed by atoms with Crippen LogP contribution in [0.2, 0.25) is 0 Å². The van der Waals surface area contributed by atoms with Gasteiger partial charge in [0.15, 0.2) is 16.6 Å². The standard InChI is InChI=1S/C21H20N4O5S/c1-3-22-15-6-5-14(10-16(15)25(27)28)20(26)24-21-23-12(2)19(31-21)9-13-4-7-17-18(8-13)30-11-29-17/h4-8,10,22H,3,9,11H2,1-2H3,(H,23,24,26). The van der Waals surface area contributed by atoms with Gasteiger partial charge in [-0.15, -0.1) is 11.3 Å². The molecule has 160 valence electrons. The average Bonchev–Trinajstić information content (AvgIpc) is 3.34. The van der Waals surface area contributed by atoms with Gasteiger partial charge in [-0.2, -0.15) is 0 Å². The summed E-state index contributed by atoms with van der Waals surface area (Å²) in [5, 5.41) is 17.4. The molecule has 0 radical (unpaired) electrons. The molecule has 0 aliphatic carbocycles. The molecule has 0 saturated heterocycles. The van der Waals surface area contributed by atoms with Crippen molar-refractivity contribution in [1.29, 1.82) is 0 Å². The highest BCUT2D eigenvalue weighted by Gasteiger charge is 2.19. The van der Waals surface area contributed by atoms with E-state index in [1.807, 2.05) is 32.0 Å². The summed E-state index contributed by atoms with van der Waals surface area (Å²) in [4.78, 5) is 28.9. The number of anilines is 2. The second-order valence-electron chi connectivity index (χ2n) is 6.87. The van der Waals surface area contributed by atoms with E-state index in [9.17, 15) is 14.9 Å². The molecule has 0 atom stereocenters. The third-order valence-electron chi connectivity index (χ3n) is 4.74. The van der Waals surface area contributed by atoms with Gasteiger partial charge in [0.1, 0.15) is 5.69 Å². The van der Waals surface area contributed by atoms with Crippen molar-refractivity contribution in [2.75, 3.05) is 24.0 Å². The Morgan fingerprint density at radius 2 is 2.03 bits per heavy atom. The zero-order valence-electron chi connectivity index (χ0n) is 16.9. The third kappa shape index (κ3) is 4.43. The molecule has 1 aromatic heterocycles. The second kappa shape index (κ2) is 8.60. The minimum atomic E-state index is -0.508. The Hall–Kier alpha value is -3.66. The summed E-state index contributed by atoms with van der Waals surface area (Å²) in [7, 11) is 0. The topological polar surface area (TPSA) is 116 Å². The minimum absolute atomic E-state index is 0.145. The van der Waals surface area contributed by atoms with Crippen molar-refractivity contribution in [2.45, 2.75) is 20.3 Å². The van der Waals surface area contributed by atoms with Gasteiger partial charge in [-0.25, -0.2) is 4.98 Å². The number of carbonyl (C=O) groups excluding carboxylic acids is 1. The summed E-state index contributed by atoms with van der Waals surface area (Å²) in [6, 6.07) is 10.1. The highest BCUT2D eigenvalue weighted by atomic mass is 32.1. The Labute approximate surface area is 182 Å². The van der Waals surface area contributed by atoms with Crippen LogP contribution in [0.4, 0.5) is 16.5 Å². The first kappa shape index (κ1) is 20.6. The van der Waals surface area contributed by atoms with E-state index in [1.165, 1.54) is 23.5 Å². The van der Waals surface area contributed by atoms with E-state index < -0.39 is 10.8 Å². The number of amides is 1. The van der Waals surface area contributed by atoms with Crippen molar-refractivity contribution in [1.82, 2.24) is 4.98 Å². The van der Waals surface area contributed by atoms with Crippen LogP contribution in [-0.2, 0) is 6.42 Å². The van der Waals surface area contributed by atoms with E-state index in [0.717, 1.165) is 27.6 Å². The molecular weight excluding hydrogens is 420 g/mol. The van der Waals surface area contributed by atoms with Crippen LogP contribution in [0.1, 0.15) is 33.4 Å². The highest BCUT2D eigenvalue weighted by molar-refractivity contribution is 7.15. The zero-order valence-corrected chi connectivity index (χ0v) is 17.7. The van der Waals surface area contributed by atoms with E-state index in [2.05, 4.69) is 15.6 Å². The van der Waals surface area contributed by atoms with Crippen LogP contribution in [0.5, 0.6) is 11.5 Å². The van der Waals surface area contributed by atoms with Crippen LogP contribution < -0.4 is 20.1 Å². The van der Waals surface area contributed by atoms with Gasteiger partial charge in [0.25, 0.3) is 11.6 Å². The largest absolute Gasteiger partial charge is 0.454 e. The maximum Gasteiger partial charge on any atom is 0.293 e. The van der Waals surface area contributed by atoms with Gasteiger partial charge in [0.05, 0.1) is 10.6 Å². The fraction of sp³-hybridized carbons (Fsp3) is 0.238. The van der Waals surface area contributed by atoms with Crippen LogP contribution in [-0.4, -0.2) is 29.2 Å². The van der Waals surface area contributed by atoms with Crippen LogP contribution in [0, 0.1) is 17.0 Å². The Morgan fingerprint density at radius 1 is 1.23 bits per heavy atom. The summed E-state index contributed by atoms with van der Waals surface area (Å²) in [6.07, 6.45) is 0.638. The number of aryl methyl sites for hydroxylation is 1. The molecule has 0 unspecified atom stereocenters. The number of nitro groups is 1. The lowest BCUT2D eigenvalue weighted by molar-refractivity contribution is -0.384. The molecular formula is C21H20N4O5S. The number of nitro benzene ring substituents is 1. The third-order valence-corrected chi connectivity index (χ3v) is 5.81. The van der Waals surface area contributed by atoms with Gasteiger partial charge in [0.2, 0.25) is 6.79 Å². The van der Waals surface area contributed by atoms with Crippen LogP contribution in [0.15, 0.2) is 36.4 Å². The molecule has 31 heavy (non-hydrogen) atoms. The molecule has 0 spiro atoms. The monoisotopic (exact) mass is 440 g/mol. The number of nitrogens with zero attached hydrogens (tertiary/aromatic N) is 2. The lowest BCUT2D eigenvalue weighted by Gasteiger charge is -2.06. The van der Waals surface area contributed by atoms with Gasteiger partial charge in [-0.3, -0.25) is 20.2 Å². The number of hydrogen-bond donors (Lipinski definition) is 2. The number of ether oxygens (including phenoxy) is 2. The quantitative estimate of drug-likeness (QED) is 0.414. The Morgan fingerprint density at radius 3 is 2.81 bits per heavy atom. The molecule has 3 aromatic rings. The number of benzene rings is 2. The number of fused-ring (bicyclic) bond motifs is 1. The van der Waals surface area contributed by atoms with Crippen LogP contribution in [0.3, 0.4) is 0 Å². The second-order valence-corrected chi connectivity index (χ2v) is 7.95. The first-order valence-electron chi connectivity index (χ1n) is 9.63. The van der Waals surface area contributed by atoms with Gasteiger partial charge in [0, 0.05) is 29.5 Å². The average molecular weight is 440 g/mol. The first-order valence-corrected chi connectivity index (χ1v) is 10.4. The van der Waals surface area contributed by atoms with E-state index in [4.69, 9.17) is 9.47 Å². The zero-order chi connectivity index (χ0) is 22.0. The van der Waals surface area contributed by atoms with Crippen molar-refractivity contribution in [2.24, 2.45) is 0 Å². The van der Waals surface area contributed by atoms with E-state index in [1.54, 1.807) is 6.07 Å². The molecule has 4 rings (SSSR count). The fourth-order valence-corrected chi connectivity index (χ4v) is 4.21. The van der Waals surface area contributed by atoms with E-state index in [-0.39, 0.29) is 18.0 Å². The fourth-order valence-electron chi connectivity index (χ4n) is 3.21. The molecule has 0 bridgehead atoms. The highest BCUT2D eigenvalue weighted by Crippen LogP contribution is 2.34. The van der Waals surface area contributed by atoms with Crippen molar-refractivity contribution in [3.63, 3.8) is 0 Å². The Balaban J connectivity index is 1.49. The Kier molecular flexibility index (Phi) is 5.72. The number of nitrogens with one attached hydrogen (secondary N) is 2. The van der Waals surface area contributed by atoms with Crippen LogP contribution in [0.25, 0.3) is 0 Å². The first-order chi connectivity index (χ1) is 14.9. The molecule has 1 aliphatic rings. The van der Waals surface area contributed by atoms with Crippen molar-refractivity contribution in [3.8, 4) is 11.5 Å². The van der Waals surface area contributed by atoms with E-state index in [0.29, 0.717) is 23.8 Å². The maximum absolute atomic E-state index is 12.6. The molecule has 2 heterocycles. The number of hydrogen-bond acceptors (Lipinski definition) is 8. The molecule has 9 nitrogen and oxygen atoms in total. The molecule has 0 saturated carbocycles. The summed E-state index contributed by atoms with van der Waals surface area (Å²) in [5.41, 5.74) is 2.28. The van der Waals surface area contributed by atoms with Gasteiger partial charge >= 0.3 is 0 Å². The summed E-state index contributed by atoms with van der Waals surface area (Å²) in [6.45, 7) is 4.49. The summed E-state index contributed by atoms with van der Waals surface area (Å²) < 4.78 is 10.8. The predicted octanol–water partition coefficient (Wildman–Crippen LogP) is 4.36. The van der Waals surface area contributed by atoms with Gasteiger partial charge < -0.3 is 14.8 Å².